The lowest BCUT2D eigenvalue weighted by atomic mass is 10.1. The third-order valence-corrected chi connectivity index (χ3v) is 4.64. The van der Waals surface area contributed by atoms with Gasteiger partial charge in [-0.1, -0.05) is 29.3 Å². The van der Waals surface area contributed by atoms with E-state index in [0.717, 1.165) is 6.26 Å². The number of aryl methyl sites for hydroxylation is 1. The number of rotatable bonds is 7. The highest BCUT2D eigenvalue weighted by Crippen LogP contribution is 2.37. The zero-order valence-corrected chi connectivity index (χ0v) is 15.8. The fourth-order valence-corrected chi connectivity index (χ4v) is 3.01. The van der Waals surface area contributed by atoms with Crippen LogP contribution < -0.4 is 9.21 Å². The number of nitrogens with zero attached hydrogens (tertiary/aromatic N) is 1. The summed E-state index contributed by atoms with van der Waals surface area (Å²) in [5.74, 6) is -0.775. The second-order valence-corrected chi connectivity index (χ2v) is 8.03. The zero-order chi connectivity index (χ0) is 19.5. The molecular weight excluding hydrogens is 405 g/mol. The van der Waals surface area contributed by atoms with Crippen molar-refractivity contribution >= 4 is 44.9 Å². The molecule has 2 N–H and O–H groups in total. The molecule has 2 rings (SSSR count). The first-order valence-electron chi connectivity index (χ1n) is 7.24. The highest BCUT2D eigenvalue weighted by molar-refractivity contribution is 7.91. The van der Waals surface area contributed by atoms with Gasteiger partial charge in [-0.15, -0.1) is 4.47 Å². The van der Waals surface area contributed by atoms with Gasteiger partial charge in [-0.25, -0.2) is 8.42 Å². The standard InChI is InChI=1S/C16H15Cl2NO6S/c1-26(23,24)19(22)13-8-10(3-7-16(20)21)2-5-15(13)25-14-6-4-11(17)9-12(14)18/h2,4-6,8-9,22H,3,7H2,1H3,(H,20,21). The van der Waals surface area contributed by atoms with Gasteiger partial charge in [-0.2, -0.15) is 0 Å². The Morgan fingerprint density at radius 2 is 1.81 bits per heavy atom. The SMILES string of the molecule is CS(=O)(=O)N(O)c1cc(CCC(=O)O)ccc1Oc1ccc(Cl)cc1Cl. The van der Waals surface area contributed by atoms with Gasteiger partial charge in [-0.05, 0) is 42.3 Å². The van der Waals surface area contributed by atoms with Crippen LogP contribution in [0.25, 0.3) is 0 Å². The molecule has 0 amide bonds. The maximum atomic E-state index is 11.7. The molecule has 0 bridgehead atoms. The number of aliphatic carboxylic acids is 1. The minimum Gasteiger partial charge on any atom is -0.481 e. The highest BCUT2D eigenvalue weighted by Gasteiger charge is 2.21. The van der Waals surface area contributed by atoms with Gasteiger partial charge in [0.15, 0.2) is 5.75 Å². The van der Waals surface area contributed by atoms with E-state index in [9.17, 15) is 18.4 Å². The van der Waals surface area contributed by atoms with E-state index < -0.39 is 16.0 Å². The fraction of sp³-hybridized carbons (Fsp3) is 0.188. The van der Waals surface area contributed by atoms with Crippen LogP contribution >= 0.6 is 23.2 Å². The largest absolute Gasteiger partial charge is 0.481 e. The molecule has 0 saturated carbocycles. The fourth-order valence-electron chi connectivity index (χ4n) is 2.06. The van der Waals surface area contributed by atoms with Crippen LogP contribution in [0.2, 0.25) is 10.0 Å². The first kappa shape index (κ1) is 20.3. The lowest BCUT2D eigenvalue weighted by Gasteiger charge is -2.19. The van der Waals surface area contributed by atoms with E-state index in [4.69, 9.17) is 33.0 Å². The minimum atomic E-state index is -4.00. The molecule has 0 aliphatic carbocycles. The molecule has 7 nitrogen and oxygen atoms in total. The Bertz CT molecular complexity index is 932. The van der Waals surface area contributed by atoms with Gasteiger partial charge in [0.05, 0.1) is 11.3 Å². The Balaban J connectivity index is 2.44. The van der Waals surface area contributed by atoms with Crippen LogP contribution in [0, 0.1) is 0 Å². The number of carboxylic acids is 1. The number of sulfonamides is 1. The van der Waals surface area contributed by atoms with E-state index in [-0.39, 0.29) is 39.5 Å². The summed E-state index contributed by atoms with van der Waals surface area (Å²) in [5.41, 5.74) is 0.348. The number of halogens is 2. The van der Waals surface area contributed by atoms with E-state index in [1.807, 2.05) is 0 Å². The van der Waals surface area contributed by atoms with Gasteiger partial charge in [0.25, 0.3) is 10.0 Å². The average molecular weight is 420 g/mol. The molecule has 0 heterocycles. The van der Waals surface area contributed by atoms with Crippen molar-refractivity contribution in [2.45, 2.75) is 12.8 Å². The number of anilines is 1. The van der Waals surface area contributed by atoms with Gasteiger partial charge in [0.2, 0.25) is 0 Å². The van der Waals surface area contributed by atoms with Crippen molar-refractivity contribution < 1.29 is 28.3 Å². The van der Waals surface area contributed by atoms with Crippen molar-refractivity contribution in [1.82, 2.24) is 0 Å². The Hall–Kier alpha value is -2.00. The van der Waals surface area contributed by atoms with Crippen LogP contribution in [0.3, 0.4) is 0 Å². The monoisotopic (exact) mass is 419 g/mol. The second-order valence-electron chi connectivity index (χ2n) is 5.38. The van der Waals surface area contributed by atoms with E-state index >= 15 is 0 Å². The Labute approximate surface area is 160 Å². The van der Waals surface area contributed by atoms with Crippen LogP contribution in [0.1, 0.15) is 12.0 Å². The molecule has 2 aromatic rings. The Morgan fingerprint density at radius 3 is 2.38 bits per heavy atom. The molecule has 0 saturated heterocycles. The molecular formula is C16H15Cl2NO6S. The van der Waals surface area contributed by atoms with Crippen LogP contribution in [0.5, 0.6) is 11.5 Å². The van der Waals surface area contributed by atoms with Crippen molar-refractivity contribution in [2.75, 3.05) is 10.7 Å². The summed E-state index contributed by atoms with van der Waals surface area (Å²) in [6, 6.07) is 8.81. The number of carbonyl (C=O) groups is 1. The number of hydrogen-bond donors (Lipinski definition) is 2. The molecule has 0 atom stereocenters. The number of carboxylic acid groups (broad SMARTS) is 1. The molecule has 10 heteroatoms. The third-order valence-electron chi connectivity index (χ3n) is 3.28. The summed E-state index contributed by atoms with van der Waals surface area (Å²) in [7, 11) is -4.00. The molecule has 0 aromatic heterocycles. The first-order chi connectivity index (χ1) is 12.1. The summed E-state index contributed by atoms with van der Waals surface area (Å²) >= 11 is 11.9. The molecule has 26 heavy (non-hydrogen) atoms. The zero-order valence-electron chi connectivity index (χ0n) is 13.5. The molecule has 140 valence electrons. The lowest BCUT2D eigenvalue weighted by molar-refractivity contribution is -0.136. The Morgan fingerprint density at radius 1 is 1.15 bits per heavy atom. The third kappa shape index (κ3) is 5.25. The van der Waals surface area contributed by atoms with Crippen molar-refractivity contribution in [2.24, 2.45) is 0 Å². The normalized spacial score (nSPS) is 11.2. The smallest absolute Gasteiger partial charge is 0.303 e. The quantitative estimate of drug-likeness (QED) is 0.658. The van der Waals surface area contributed by atoms with E-state index in [2.05, 4.69) is 0 Å². The van der Waals surface area contributed by atoms with Gasteiger partial charge in [0.1, 0.15) is 11.4 Å². The minimum absolute atomic E-state index is 0.0150. The van der Waals surface area contributed by atoms with Crippen molar-refractivity contribution in [1.29, 1.82) is 0 Å². The molecule has 0 unspecified atom stereocenters. The lowest BCUT2D eigenvalue weighted by Crippen LogP contribution is -2.26. The maximum Gasteiger partial charge on any atom is 0.303 e. The average Bonchev–Trinajstić information content (AvgIpc) is 2.54. The topological polar surface area (TPSA) is 104 Å². The van der Waals surface area contributed by atoms with E-state index in [1.54, 1.807) is 6.07 Å². The van der Waals surface area contributed by atoms with Crippen LogP contribution in [0.4, 0.5) is 5.69 Å². The summed E-state index contributed by atoms with van der Waals surface area (Å²) < 4.78 is 29.1. The molecule has 0 spiro atoms. The highest BCUT2D eigenvalue weighted by atomic mass is 35.5. The number of hydrogen-bond acceptors (Lipinski definition) is 5. The van der Waals surface area contributed by atoms with Crippen LogP contribution in [0.15, 0.2) is 36.4 Å². The second kappa shape index (κ2) is 8.13. The van der Waals surface area contributed by atoms with E-state index in [0.29, 0.717) is 10.6 Å². The number of benzene rings is 2. The predicted molar refractivity (Wildman–Crippen MR) is 98.0 cm³/mol. The van der Waals surface area contributed by atoms with Crippen molar-refractivity contribution in [3.8, 4) is 11.5 Å². The predicted octanol–water partition coefficient (Wildman–Crippen LogP) is 3.96. The van der Waals surface area contributed by atoms with Crippen LogP contribution in [-0.4, -0.2) is 31.0 Å². The Kier molecular flexibility index (Phi) is 6.35. The molecule has 0 fully saturated rings. The van der Waals surface area contributed by atoms with Crippen LogP contribution in [-0.2, 0) is 21.2 Å². The van der Waals surface area contributed by atoms with Gasteiger partial charge < -0.3 is 9.84 Å². The summed E-state index contributed by atoms with van der Waals surface area (Å²) in [6.07, 6.45) is 0.824. The first-order valence-corrected chi connectivity index (χ1v) is 9.85. The number of ether oxygens (including phenoxy) is 1. The summed E-state index contributed by atoms with van der Waals surface area (Å²) in [4.78, 5) is 10.7. The molecule has 0 aliphatic heterocycles. The van der Waals surface area contributed by atoms with Gasteiger partial charge in [0, 0.05) is 11.4 Å². The maximum absolute atomic E-state index is 11.7. The van der Waals surface area contributed by atoms with Crippen molar-refractivity contribution in [3.63, 3.8) is 0 Å². The van der Waals surface area contributed by atoms with E-state index in [1.165, 1.54) is 30.3 Å². The summed E-state index contributed by atoms with van der Waals surface area (Å²) in [5, 5.41) is 19.4. The van der Waals surface area contributed by atoms with Gasteiger partial charge >= 0.3 is 5.97 Å². The molecule has 0 radical (unpaired) electrons. The molecule has 0 aliphatic rings. The molecule has 2 aromatic carbocycles. The van der Waals surface area contributed by atoms with Crippen molar-refractivity contribution in [3.05, 3.63) is 52.0 Å². The summed E-state index contributed by atoms with van der Waals surface area (Å²) in [6.45, 7) is 0. The van der Waals surface area contributed by atoms with Gasteiger partial charge in [-0.3, -0.25) is 10.0 Å².